The third-order valence-electron chi connectivity index (χ3n) is 3.50. The number of hydrogen-bond acceptors (Lipinski definition) is 4. The van der Waals surface area contributed by atoms with Gasteiger partial charge >= 0.3 is 6.09 Å². The summed E-state index contributed by atoms with van der Waals surface area (Å²) in [5, 5.41) is 0. The van der Waals surface area contributed by atoms with Crippen LogP contribution in [-0.4, -0.2) is 59.8 Å². The van der Waals surface area contributed by atoms with Crippen LogP contribution in [0.5, 0.6) is 0 Å². The minimum atomic E-state index is -0.431. The first-order chi connectivity index (χ1) is 8.65. The van der Waals surface area contributed by atoms with Crippen molar-refractivity contribution >= 4 is 6.09 Å². The Morgan fingerprint density at radius 2 is 1.74 bits per heavy atom. The maximum Gasteiger partial charge on any atom is 0.410 e. The lowest BCUT2D eigenvalue weighted by Gasteiger charge is -2.36. The van der Waals surface area contributed by atoms with Gasteiger partial charge in [0.05, 0.1) is 0 Å². The molecule has 1 aliphatic heterocycles. The number of amides is 1. The summed E-state index contributed by atoms with van der Waals surface area (Å²) < 4.78 is 5.42. The quantitative estimate of drug-likeness (QED) is 0.830. The molecule has 0 radical (unpaired) electrons. The summed E-state index contributed by atoms with van der Waals surface area (Å²) in [4.78, 5) is 16.2. The highest BCUT2D eigenvalue weighted by molar-refractivity contribution is 5.68. The van der Waals surface area contributed by atoms with Crippen LogP contribution in [0.15, 0.2) is 0 Å². The van der Waals surface area contributed by atoms with Crippen molar-refractivity contribution in [2.45, 2.75) is 52.2 Å². The number of carbonyl (C=O) groups excluding carboxylic acids is 1. The van der Waals surface area contributed by atoms with Crippen LogP contribution in [0.4, 0.5) is 4.79 Å². The van der Waals surface area contributed by atoms with Gasteiger partial charge in [-0.3, -0.25) is 4.90 Å². The Morgan fingerprint density at radius 3 is 2.26 bits per heavy atom. The molecule has 1 heterocycles. The molecule has 0 aliphatic carbocycles. The Hall–Kier alpha value is -0.810. The number of rotatable bonds is 2. The predicted octanol–water partition coefficient (Wildman–Crippen LogP) is 1.67. The molecule has 0 unspecified atom stereocenters. The predicted molar refractivity (Wildman–Crippen MR) is 77.1 cm³/mol. The zero-order valence-electron chi connectivity index (χ0n) is 13.0. The Morgan fingerprint density at radius 1 is 1.11 bits per heavy atom. The van der Waals surface area contributed by atoms with Gasteiger partial charge < -0.3 is 15.4 Å². The number of carbonyl (C=O) groups is 1. The largest absolute Gasteiger partial charge is 0.444 e. The van der Waals surface area contributed by atoms with Crippen molar-refractivity contribution in [1.82, 2.24) is 9.80 Å². The van der Waals surface area contributed by atoms with E-state index in [2.05, 4.69) is 18.7 Å². The summed E-state index contributed by atoms with van der Waals surface area (Å²) in [7, 11) is 0. The summed E-state index contributed by atoms with van der Waals surface area (Å²) in [5.74, 6) is 0. The van der Waals surface area contributed by atoms with E-state index in [1.54, 1.807) is 4.90 Å². The van der Waals surface area contributed by atoms with Crippen LogP contribution in [0, 0.1) is 0 Å². The maximum absolute atomic E-state index is 12.1. The summed E-state index contributed by atoms with van der Waals surface area (Å²) >= 11 is 0. The summed E-state index contributed by atoms with van der Waals surface area (Å²) in [6.07, 6.45) is 0.753. The maximum atomic E-state index is 12.1. The van der Waals surface area contributed by atoms with E-state index in [1.165, 1.54) is 0 Å². The standard InChI is InChI=1S/C14H29N3O2/c1-13(2,3)19-12(18)16-7-6-8-17(10-9-16)14(4,5)11-15/h6-11,15H2,1-5H3. The van der Waals surface area contributed by atoms with Gasteiger partial charge in [-0.25, -0.2) is 4.79 Å². The van der Waals surface area contributed by atoms with E-state index < -0.39 is 5.60 Å². The SMILES string of the molecule is CC(C)(C)OC(=O)N1CCCN(C(C)(C)CN)CC1. The van der Waals surface area contributed by atoms with E-state index in [4.69, 9.17) is 10.5 Å². The molecule has 1 fully saturated rings. The van der Waals surface area contributed by atoms with Gasteiger partial charge in [-0.15, -0.1) is 0 Å². The minimum Gasteiger partial charge on any atom is -0.444 e. The summed E-state index contributed by atoms with van der Waals surface area (Å²) in [5.41, 5.74) is 5.38. The second kappa shape index (κ2) is 6.09. The molecule has 1 amide bonds. The van der Waals surface area contributed by atoms with Crippen molar-refractivity contribution in [3.05, 3.63) is 0 Å². The van der Waals surface area contributed by atoms with Gasteiger partial charge in [-0.1, -0.05) is 0 Å². The Kier molecular flexibility index (Phi) is 5.21. The third kappa shape index (κ3) is 4.99. The van der Waals surface area contributed by atoms with Gasteiger partial charge in [0.2, 0.25) is 0 Å². The van der Waals surface area contributed by atoms with Gasteiger partial charge in [-0.2, -0.15) is 0 Å². The fraction of sp³-hybridized carbons (Fsp3) is 0.929. The Balaban J connectivity index is 2.57. The van der Waals surface area contributed by atoms with Crippen LogP contribution in [0.2, 0.25) is 0 Å². The number of hydrogen-bond donors (Lipinski definition) is 1. The molecule has 0 spiro atoms. The van der Waals surface area contributed by atoms with E-state index in [9.17, 15) is 4.79 Å². The van der Waals surface area contributed by atoms with Crippen LogP contribution in [-0.2, 0) is 4.74 Å². The minimum absolute atomic E-state index is 0.00998. The first kappa shape index (κ1) is 16.2. The smallest absolute Gasteiger partial charge is 0.410 e. The van der Waals surface area contributed by atoms with Crippen LogP contribution in [0.3, 0.4) is 0 Å². The molecule has 19 heavy (non-hydrogen) atoms. The average Bonchev–Trinajstić information content (AvgIpc) is 2.52. The summed E-state index contributed by atoms with van der Waals surface area (Å²) in [6.45, 7) is 13.9. The second-order valence-electron chi connectivity index (χ2n) is 6.82. The second-order valence-corrected chi connectivity index (χ2v) is 6.82. The van der Waals surface area contributed by atoms with Crippen molar-refractivity contribution in [2.75, 3.05) is 32.7 Å². The zero-order chi connectivity index (χ0) is 14.7. The van der Waals surface area contributed by atoms with Crippen LogP contribution >= 0.6 is 0 Å². The van der Waals surface area contributed by atoms with Crippen LogP contribution in [0.25, 0.3) is 0 Å². The first-order valence-corrected chi connectivity index (χ1v) is 7.09. The molecule has 2 N–H and O–H groups in total. The lowest BCUT2D eigenvalue weighted by atomic mass is 10.0. The lowest BCUT2D eigenvalue weighted by Crippen LogP contribution is -2.50. The monoisotopic (exact) mass is 271 g/mol. The first-order valence-electron chi connectivity index (χ1n) is 7.09. The van der Waals surface area contributed by atoms with Crippen molar-refractivity contribution in [3.63, 3.8) is 0 Å². The molecule has 0 bridgehead atoms. The van der Waals surface area contributed by atoms with E-state index in [-0.39, 0.29) is 11.6 Å². The molecule has 5 nitrogen and oxygen atoms in total. The Bertz CT molecular complexity index is 310. The van der Waals surface area contributed by atoms with Gasteiger partial charge in [0.15, 0.2) is 0 Å². The molecule has 0 aromatic rings. The van der Waals surface area contributed by atoms with Crippen LogP contribution in [0.1, 0.15) is 41.0 Å². The molecule has 5 heteroatoms. The molecule has 0 aromatic carbocycles. The number of nitrogens with zero attached hydrogens (tertiary/aromatic N) is 2. The molecule has 1 saturated heterocycles. The van der Waals surface area contributed by atoms with Crippen molar-refractivity contribution < 1.29 is 9.53 Å². The van der Waals surface area contributed by atoms with Crippen LogP contribution < -0.4 is 5.73 Å². The molecule has 0 atom stereocenters. The fourth-order valence-electron chi connectivity index (χ4n) is 2.16. The van der Waals surface area contributed by atoms with Gasteiger partial charge in [0.25, 0.3) is 0 Å². The zero-order valence-corrected chi connectivity index (χ0v) is 13.0. The highest BCUT2D eigenvalue weighted by Crippen LogP contribution is 2.17. The van der Waals surface area contributed by atoms with E-state index in [1.807, 2.05) is 20.8 Å². The van der Waals surface area contributed by atoms with Gasteiger partial charge in [0, 0.05) is 38.3 Å². The molecule has 0 saturated carbocycles. The molecule has 1 rings (SSSR count). The molecule has 0 aromatic heterocycles. The third-order valence-corrected chi connectivity index (χ3v) is 3.50. The van der Waals surface area contributed by atoms with Crippen molar-refractivity contribution in [1.29, 1.82) is 0 Å². The fourth-order valence-corrected chi connectivity index (χ4v) is 2.16. The normalized spacial score (nSPS) is 19.2. The topological polar surface area (TPSA) is 58.8 Å². The van der Waals surface area contributed by atoms with Gasteiger partial charge in [-0.05, 0) is 41.0 Å². The van der Waals surface area contributed by atoms with Gasteiger partial charge in [0.1, 0.15) is 5.60 Å². The lowest BCUT2D eigenvalue weighted by molar-refractivity contribution is 0.0250. The number of ether oxygens (including phenoxy) is 1. The Labute approximate surface area is 117 Å². The molecular weight excluding hydrogens is 242 g/mol. The van der Waals surface area contributed by atoms with E-state index in [0.717, 1.165) is 26.1 Å². The molecular formula is C14H29N3O2. The van der Waals surface area contributed by atoms with E-state index in [0.29, 0.717) is 13.1 Å². The van der Waals surface area contributed by atoms with Crippen molar-refractivity contribution in [2.24, 2.45) is 5.73 Å². The highest BCUT2D eigenvalue weighted by atomic mass is 16.6. The van der Waals surface area contributed by atoms with Crippen molar-refractivity contribution in [3.8, 4) is 0 Å². The average molecular weight is 271 g/mol. The highest BCUT2D eigenvalue weighted by Gasteiger charge is 2.29. The van der Waals surface area contributed by atoms with E-state index >= 15 is 0 Å². The summed E-state index contributed by atoms with van der Waals surface area (Å²) in [6, 6.07) is 0. The molecule has 1 aliphatic rings. The number of nitrogens with two attached hydrogens (primary N) is 1. The molecule has 112 valence electrons.